The van der Waals surface area contributed by atoms with Gasteiger partial charge < -0.3 is 0 Å². The highest BCUT2D eigenvalue weighted by atomic mass is 35.5. The predicted molar refractivity (Wildman–Crippen MR) is 43.3 cm³/mol. The van der Waals surface area contributed by atoms with Crippen LogP contribution < -0.4 is 0 Å². The molecule has 0 radical (unpaired) electrons. The van der Waals surface area contributed by atoms with E-state index in [4.69, 9.17) is 11.6 Å². The molecular formula is C7H9ClS. The average Bonchev–Trinajstić information content (AvgIpc) is 2.17. The quantitative estimate of drug-likeness (QED) is 0.623. The number of halogens is 1. The fourth-order valence-electron chi connectivity index (χ4n) is 0.733. The van der Waals surface area contributed by atoms with E-state index in [1.54, 1.807) is 11.3 Å². The maximum absolute atomic E-state index is 5.71. The standard InChI is InChI=1S/C7H9ClS/c1-2-3-6-4-5-7(8)9-6/h4-5H,2-3H2,1H3. The van der Waals surface area contributed by atoms with E-state index in [1.165, 1.54) is 11.3 Å². The summed E-state index contributed by atoms with van der Waals surface area (Å²) in [6, 6.07) is 4.05. The number of hydrogen-bond donors (Lipinski definition) is 0. The lowest BCUT2D eigenvalue weighted by Crippen LogP contribution is -1.71. The van der Waals surface area contributed by atoms with Crippen molar-refractivity contribution in [3.05, 3.63) is 21.3 Å². The van der Waals surface area contributed by atoms with Gasteiger partial charge in [0.05, 0.1) is 4.34 Å². The van der Waals surface area contributed by atoms with Crippen LogP contribution in [0.15, 0.2) is 12.1 Å². The Kier molecular flexibility index (Phi) is 2.55. The molecule has 1 rings (SSSR count). The van der Waals surface area contributed by atoms with Crippen molar-refractivity contribution < 1.29 is 0 Å². The molecule has 1 heterocycles. The van der Waals surface area contributed by atoms with Crippen LogP contribution in [0.2, 0.25) is 4.34 Å². The number of hydrogen-bond acceptors (Lipinski definition) is 1. The summed E-state index contributed by atoms with van der Waals surface area (Å²) in [5.41, 5.74) is 0. The zero-order valence-electron chi connectivity index (χ0n) is 5.36. The van der Waals surface area contributed by atoms with Crippen molar-refractivity contribution in [2.45, 2.75) is 19.8 Å². The van der Waals surface area contributed by atoms with E-state index < -0.39 is 0 Å². The van der Waals surface area contributed by atoms with Gasteiger partial charge in [-0.05, 0) is 18.6 Å². The van der Waals surface area contributed by atoms with Crippen molar-refractivity contribution in [1.82, 2.24) is 0 Å². The summed E-state index contributed by atoms with van der Waals surface area (Å²) in [5, 5.41) is 0. The minimum absolute atomic E-state index is 0.901. The van der Waals surface area contributed by atoms with Crippen LogP contribution in [0.3, 0.4) is 0 Å². The molecule has 2 heteroatoms. The van der Waals surface area contributed by atoms with Gasteiger partial charge in [-0.1, -0.05) is 24.9 Å². The molecule has 0 fully saturated rings. The van der Waals surface area contributed by atoms with Crippen LogP contribution in [0.4, 0.5) is 0 Å². The molecule has 0 unspecified atom stereocenters. The van der Waals surface area contributed by atoms with Crippen LogP contribution in [-0.4, -0.2) is 0 Å². The Morgan fingerprint density at radius 3 is 2.78 bits per heavy atom. The van der Waals surface area contributed by atoms with Gasteiger partial charge in [-0.2, -0.15) is 0 Å². The molecular weight excluding hydrogens is 152 g/mol. The van der Waals surface area contributed by atoms with Gasteiger partial charge in [0, 0.05) is 4.88 Å². The smallest absolute Gasteiger partial charge is 0.0931 e. The van der Waals surface area contributed by atoms with Crippen LogP contribution in [0.1, 0.15) is 18.2 Å². The molecule has 0 saturated carbocycles. The molecule has 0 nitrogen and oxygen atoms in total. The zero-order valence-corrected chi connectivity index (χ0v) is 6.93. The van der Waals surface area contributed by atoms with Crippen LogP contribution in [0, 0.1) is 0 Å². The third-order valence-electron chi connectivity index (χ3n) is 1.13. The molecule has 0 aliphatic rings. The van der Waals surface area contributed by atoms with Gasteiger partial charge in [0.15, 0.2) is 0 Å². The minimum Gasteiger partial charge on any atom is -0.128 e. The molecule has 0 aromatic carbocycles. The van der Waals surface area contributed by atoms with Gasteiger partial charge in [-0.25, -0.2) is 0 Å². The number of aryl methyl sites for hydroxylation is 1. The lowest BCUT2D eigenvalue weighted by Gasteiger charge is -1.86. The average molecular weight is 161 g/mol. The summed E-state index contributed by atoms with van der Waals surface area (Å²) in [4.78, 5) is 1.39. The van der Waals surface area contributed by atoms with E-state index in [0.717, 1.165) is 10.8 Å². The van der Waals surface area contributed by atoms with Crippen LogP contribution in [0.5, 0.6) is 0 Å². The molecule has 0 bridgehead atoms. The minimum atomic E-state index is 0.901. The van der Waals surface area contributed by atoms with Crippen molar-refractivity contribution in [2.75, 3.05) is 0 Å². The molecule has 0 N–H and O–H groups in total. The van der Waals surface area contributed by atoms with E-state index in [-0.39, 0.29) is 0 Å². The lowest BCUT2D eigenvalue weighted by molar-refractivity contribution is 0.940. The summed E-state index contributed by atoms with van der Waals surface area (Å²) in [7, 11) is 0. The highest BCUT2D eigenvalue weighted by molar-refractivity contribution is 7.16. The van der Waals surface area contributed by atoms with Gasteiger partial charge in [0.25, 0.3) is 0 Å². The third kappa shape index (κ3) is 1.99. The molecule has 1 aromatic heterocycles. The Hall–Kier alpha value is -0.0100. The first-order valence-electron chi connectivity index (χ1n) is 3.07. The number of rotatable bonds is 2. The summed E-state index contributed by atoms with van der Waals surface area (Å²) in [6.07, 6.45) is 2.37. The molecule has 0 spiro atoms. The highest BCUT2D eigenvalue weighted by Crippen LogP contribution is 2.22. The van der Waals surface area contributed by atoms with E-state index in [1.807, 2.05) is 6.07 Å². The first-order valence-corrected chi connectivity index (χ1v) is 4.26. The van der Waals surface area contributed by atoms with Crippen molar-refractivity contribution in [3.8, 4) is 0 Å². The van der Waals surface area contributed by atoms with Crippen molar-refractivity contribution in [3.63, 3.8) is 0 Å². The molecule has 0 atom stereocenters. The first-order chi connectivity index (χ1) is 4.33. The summed E-state index contributed by atoms with van der Waals surface area (Å²) < 4.78 is 0.901. The first kappa shape index (κ1) is 7.10. The van der Waals surface area contributed by atoms with Gasteiger partial charge in [-0.15, -0.1) is 11.3 Å². The lowest BCUT2D eigenvalue weighted by atomic mass is 10.3. The Morgan fingerprint density at radius 1 is 1.56 bits per heavy atom. The fourth-order valence-corrected chi connectivity index (χ4v) is 1.92. The Balaban J connectivity index is 2.61. The van der Waals surface area contributed by atoms with Gasteiger partial charge in [-0.3, -0.25) is 0 Å². The van der Waals surface area contributed by atoms with Crippen LogP contribution >= 0.6 is 22.9 Å². The van der Waals surface area contributed by atoms with Gasteiger partial charge >= 0.3 is 0 Å². The third-order valence-corrected chi connectivity index (χ3v) is 2.42. The van der Waals surface area contributed by atoms with E-state index in [9.17, 15) is 0 Å². The summed E-state index contributed by atoms with van der Waals surface area (Å²) in [5.74, 6) is 0. The van der Waals surface area contributed by atoms with Gasteiger partial charge in [0.1, 0.15) is 0 Å². The molecule has 0 aliphatic carbocycles. The van der Waals surface area contributed by atoms with Crippen LogP contribution in [0.25, 0.3) is 0 Å². The second-order valence-corrected chi connectivity index (χ2v) is 3.76. The summed E-state index contributed by atoms with van der Waals surface area (Å²) >= 11 is 7.39. The largest absolute Gasteiger partial charge is 0.128 e. The molecule has 50 valence electrons. The Bertz CT molecular complexity index is 181. The van der Waals surface area contributed by atoms with Gasteiger partial charge in [0.2, 0.25) is 0 Å². The van der Waals surface area contributed by atoms with E-state index in [2.05, 4.69) is 13.0 Å². The predicted octanol–water partition coefficient (Wildman–Crippen LogP) is 3.35. The highest BCUT2D eigenvalue weighted by Gasteiger charge is 1.93. The van der Waals surface area contributed by atoms with Crippen molar-refractivity contribution in [2.24, 2.45) is 0 Å². The van der Waals surface area contributed by atoms with Crippen molar-refractivity contribution >= 4 is 22.9 Å². The van der Waals surface area contributed by atoms with E-state index >= 15 is 0 Å². The molecule has 0 aliphatic heterocycles. The number of thiophene rings is 1. The summed E-state index contributed by atoms with van der Waals surface area (Å²) in [6.45, 7) is 2.17. The van der Waals surface area contributed by atoms with Crippen molar-refractivity contribution in [1.29, 1.82) is 0 Å². The Morgan fingerprint density at radius 2 is 2.33 bits per heavy atom. The molecule has 1 aromatic rings. The topological polar surface area (TPSA) is 0 Å². The van der Waals surface area contributed by atoms with Crippen LogP contribution in [-0.2, 0) is 6.42 Å². The molecule has 0 amide bonds. The fraction of sp³-hybridized carbons (Fsp3) is 0.429. The molecule has 0 saturated heterocycles. The second kappa shape index (κ2) is 3.23. The molecule has 9 heavy (non-hydrogen) atoms. The van der Waals surface area contributed by atoms with E-state index in [0.29, 0.717) is 0 Å². The SMILES string of the molecule is CCCc1ccc(Cl)s1. The monoisotopic (exact) mass is 160 g/mol. The second-order valence-electron chi connectivity index (χ2n) is 1.96. The normalized spacial score (nSPS) is 10.0. The Labute approximate surface area is 64.5 Å². The maximum Gasteiger partial charge on any atom is 0.0931 e. The maximum atomic E-state index is 5.71. The zero-order chi connectivity index (χ0) is 6.69.